The van der Waals surface area contributed by atoms with Gasteiger partial charge in [0.05, 0.1) is 18.1 Å². The van der Waals surface area contributed by atoms with E-state index in [-0.39, 0.29) is 0 Å². The van der Waals surface area contributed by atoms with Gasteiger partial charge in [-0.2, -0.15) is 5.10 Å². The highest BCUT2D eigenvalue weighted by Gasteiger charge is 2.04. The van der Waals surface area contributed by atoms with Crippen molar-refractivity contribution in [1.82, 2.24) is 9.78 Å². The van der Waals surface area contributed by atoms with Gasteiger partial charge in [0.1, 0.15) is 5.75 Å². The summed E-state index contributed by atoms with van der Waals surface area (Å²) in [5.41, 5.74) is 2.90. The first kappa shape index (κ1) is 17.4. The highest BCUT2D eigenvalue weighted by atomic mass is 79.9. The van der Waals surface area contributed by atoms with E-state index >= 15 is 0 Å². The van der Waals surface area contributed by atoms with Crippen molar-refractivity contribution in [2.75, 3.05) is 10.6 Å². The lowest BCUT2D eigenvalue weighted by Crippen LogP contribution is -2.19. The summed E-state index contributed by atoms with van der Waals surface area (Å²) in [6.45, 7) is 2.35. The predicted octanol–water partition coefficient (Wildman–Crippen LogP) is 4.80. The van der Waals surface area contributed by atoms with Gasteiger partial charge in [0, 0.05) is 10.2 Å². The molecule has 3 rings (SSSR count). The van der Waals surface area contributed by atoms with E-state index in [1.807, 2.05) is 61.7 Å². The van der Waals surface area contributed by atoms with Crippen molar-refractivity contribution in [3.05, 3.63) is 71.0 Å². The van der Waals surface area contributed by atoms with Crippen molar-refractivity contribution in [3.8, 4) is 5.75 Å². The maximum atomic E-state index is 5.68. The zero-order chi connectivity index (χ0) is 17.6. The molecule has 5 nitrogen and oxygen atoms in total. The molecule has 0 saturated carbocycles. The largest absolute Gasteiger partial charge is 0.471 e. The molecule has 2 N–H and O–H groups in total. The van der Waals surface area contributed by atoms with Crippen LogP contribution in [0, 0.1) is 6.92 Å². The minimum absolute atomic E-state index is 0.321. The third-order valence-corrected chi connectivity index (χ3v) is 4.19. The Kier molecular flexibility index (Phi) is 5.67. The average Bonchev–Trinajstić information content (AvgIpc) is 3.04. The van der Waals surface area contributed by atoms with Gasteiger partial charge >= 0.3 is 0 Å². The molecule has 0 spiro atoms. The fourth-order valence-corrected chi connectivity index (χ4v) is 2.66. The van der Waals surface area contributed by atoms with Gasteiger partial charge in [-0.1, -0.05) is 34.1 Å². The number of hydrogen-bond acceptors (Lipinski definition) is 3. The van der Waals surface area contributed by atoms with Crippen molar-refractivity contribution in [2.24, 2.45) is 0 Å². The Morgan fingerprint density at radius 2 is 1.92 bits per heavy atom. The van der Waals surface area contributed by atoms with Crippen molar-refractivity contribution in [3.63, 3.8) is 0 Å². The summed E-state index contributed by atoms with van der Waals surface area (Å²) in [5, 5.41) is 11.1. The summed E-state index contributed by atoms with van der Waals surface area (Å²) in [6.07, 6.45) is 3.54. The molecule has 0 fully saturated rings. The lowest BCUT2D eigenvalue weighted by Gasteiger charge is -2.11. The number of anilines is 2. The minimum atomic E-state index is 0.321. The molecule has 0 atom stereocenters. The number of ether oxygens (including phenoxy) is 1. The van der Waals surface area contributed by atoms with Crippen LogP contribution >= 0.6 is 28.1 Å². The average molecular weight is 417 g/mol. The molecule has 2 aromatic carbocycles. The van der Waals surface area contributed by atoms with Crippen molar-refractivity contribution < 1.29 is 4.74 Å². The molecule has 0 saturated heterocycles. The van der Waals surface area contributed by atoms with Crippen LogP contribution < -0.4 is 15.4 Å². The fourth-order valence-electron chi connectivity index (χ4n) is 2.17. The van der Waals surface area contributed by atoms with Gasteiger partial charge in [-0.25, -0.2) is 4.68 Å². The van der Waals surface area contributed by atoms with Crippen molar-refractivity contribution >= 4 is 44.6 Å². The van der Waals surface area contributed by atoms with Crippen LogP contribution in [0.5, 0.6) is 5.75 Å². The van der Waals surface area contributed by atoms with E-state index in [0.717, 1.165) is 27.2 Å². The Morgan fingerprint density at radius 1 is 1.16 bits per heavy atom. The lowest BCUT2D eigenvalue weighted by atomic mass is 10.2. The van der Waals surface area contributed by atoms with Gasteiger partial charge in [0.2, 0.25) is 0 Å². The third-order valence-electron chi connectivity index (χ3n) is 3.46. The van der Waals surface area contributed by atoms with E-state index in [0.29, 0.717) is 11.8 Å². The molecule has 0 bridgehead atoms. The molecule has 0 amide bonds. The van der Waals surface area contributed by atoms with E-state index in [1.165, 1.54) is 0 Å². The zero-order valence-corrected chi connectivity index (χ0v) is 16.0. The van der Waals surface area contributed by atoms with Crippen LogP contribution in [0.15, 0.2) is 65.4 Å². The number of para-hydroxylation sites is 1. The molecule has 1 aromatic heterocycles. The smallest absolute Gasteiger partial charge is 0.180 e. The maximum Gasteiger partial charge on any atom is 0.180 e. The second-order valence-electron chi connectivity index (χ2n) is 5.39. The number of nitrogens with zero attached hydrogens (tertiary/aromatic N) is 2. The molecule has 7 heteroatoms. The third kappa shape index (κ3) is 5.04. The van der Waals surface area contributed by atoms with Gasteiger partial charge in [-0.15, -0.1) is 0 Å². The molecular weight excluding hydrogens is 400 g/mol. The molecule has 25 heavy (non-hydrogen) atoms. The molecule has 128 valence electrons. The Morgan fingerprint density at radius 3 is 2.68 bits per heavy atom. The summed E-state index contributed by atoms with van der Waals surface area (Å²) in [7, 11) is 0. The highest BCUT2D eigenvalue weighted by Crippen LogP contribution is 2.17. The molecule has 0 aliphatic carbocycles. The van der Waals surface area contributed by atoms with E-state index in [1.54, 1.807) is 10.9 Å². The standard InChI is InChI=1S/C18H17BrN4OS/c1-13-4-2-3-5-17(13)22-18(25)21-15-10-20-23(11-15)12-24-16-8-6-14(19)7-9-16/h2-11H,12H2,1H3,(H2,21,22,25). The van der Waals surface area contributed by atoms with E-state index in [2.05, 4.69) is 31.7 Å². The number of rotatable bonds is 5. The maximum absolute atomic E-state index is 5.68. The monoisotopic (exact) mass is 416 g/mol. The molecular formula is C18H17BrN4OS. The SMILES string of the molecule is Cc1ccccc1NC(=S)Nc1cnn(COc2ccc(Br)cc2)c1. The topological polar surface area (TPSA) is 51.1 Å². The van der Waals surface area contributed by atoms with Crippen LogP contribution in [0.25, 0.3) is 0 Å². The quantitative estimate of drug-likeness (QED) is 0.585. The first-order valence-corrected chi connectivity index (χ1v) is 8.85. The Balaban J connectivity index is 1.53. The molecule has 0 unspecified atom stereocenters. The first-order chi connectivity index (χ1) is 12.1. The summed E-state index contributed by atoms with van der Waals surface area (Å²) < 4.78 is 8.39. The summed E-state index contributed by atoms with van der Waals surface area (Å²) in [6, 6.07) is 15.6. The van der Waals surface area contributed by atoms with Crippen molar-refractivity contribution in [2.45, 2.75) is 13.7 Å². The van der Waals surface area contributed by atoms with Crippen LogP contribution in [0.2, 0.25) is 0 Å². The van der Waals surface area contributed by atoms with E-state index in [4.69, 9.17) is 17.0 Å². The molecule has 0 aliphatic rings. The van der Waals surface area contributed by atoms with Crippen molar-refractivity contribution in [1.29, 1.82) is 0 Å². The van der Waals surface area contributed by atoms with Crippen LogP contribution in [0.1, 0.15) is 5.56 Å². The molecule has 0 aliphatic heterocycles. The summed E-state index contributed by atoms with van der Waals surface area (Å²) in [4.78, 5) is 0. The Bertz CT molecular complexity index is 864. The van der Waals surface area contributed by atoms with Crippen LogP contribution in [-0.2, 0) is 6.73 Å². The number of aryl methyl sites for hydroxylation is 1. The number of nitrogens with one attached hydrogen (secondary N) is 2. The van der Waals surface area contributed by atoms with Gasteiger partial charge in [-0.05, 0) is 55.0 Å². The molecule has 3 aromatic rings. The second kappa shape index (κ2) is 8.13. The second-order valence-corrected chi connectivity index (χ2v) is 6.71. The Hall–Kier alpha value is -2.38. The minimum Gasteiger partial charge on any atom is -0.471 e. The van der Waals surface area contributed by atoms with E-state index < -0.39 is 0 Å². The lowest BCUT2D eigenvalue weighted by molar-refractivity contribution is 0.221. The number of benzene rings is 2. The highest BCUT2D eigenvalue weighted by molar-refractivity contribution is 9.10. The fraction of sp³-hybridized carbons (Fsp3) is 0.111. The summed E-state index contributed by atoms with van der Waals surface area (Å²) in [5.74, 6) is 0.782. The van der Waals surface area contributed by atoms with Gasteiger partial charge in [0.15, 0.2) is 11.8 Å². The van der Waals surface area contributed by atoms with Crippen LogP contribution in [0.3, 0.4) is 0 Å². The normalized spacial score (nSPS) is 10.3. The predicted molar refractivity (Wildman–Crippen MR) is 108 cm³/mol. The summed E-state index contributed by atoms with van der Waals surface area (Å²) >= 11 is 8.74. The number of halogens is 1. The molecule has 1 heterocycles. The molecule has 0 radical (unpaired) electrons. The van der Waals surface area contributed by atoms with Gasteiger partial charge in [-0.3, -0.25) is 0 Å². The van der Waals surface area contributed by atoms with Gasteiger partial charge < -0.3 is 15.4 Å². The van der Waals surface area contributed by atoms with Crippen LogP contribution in [-0.4, -0.2) is 14.9 Å². The Labute approximate surface area is 160 Å². The van der Waals surface area contributed by atoms with Gasteiger partial charge in [0.25, 0.3) is 0 Å². The number of hydrogen-bond donors (Lipinski definition) is 2. The zero-order valence-electron chi connectivity index (χ0n) is 13.6. The first-order valence-electron chi connectivity index (χ1n) is 7.64. The number of aromatic nitrogens is 2. The van der Waals surface area contributed by atoms with Crippen LogP contribution in [0.4, 0.5) is 11.4 Å². The van der Waals surface area contributed by atoms with E-state index in [9.17, 15) is 0 Å². The number of thiocarbonyl (C=S) groups is 1.